The number of aromatic nitrogens is 9. The van der Waals surface area contributed by atoms with Gasteiger partial charge in [-0.1, -0.05) is 234 Å². The van der Waals surface area contributed by atoms with Crippen LogP contribution in [-0.4, -0.2) is 83.4 Å². The number of benzene rings is 3. The Balaban J connectivity index is 1.35. The number of rotatable bonds is 51. The second-order valence-electron chi connectivity index (χ2n) is 24.3. The molecule has 87 heavy (non-hydrogen) atoms. The molecule has 4 aromatic heterocycles. The van der Waals surface area contributed by atoms with E-state index >= 15 is 0 Å². The molecule has 7 rings (SSSR count). The van der Waals surface area contributed by atoms with Crippen LogP contribution in [0.2, 0.25) is 0 Å². The van der Waals surface area contributed by atoms with Crippen LogP contribution in [0, 0.1) is 0 Å². The number of nitrogens with zero attached hydrogens (tertiary/aromatic N) is 9. The summed E-state index contributed by atoms with van der Waals surface area (Å²) in [5.74, 6) is 7.35. The van der Waals surface area contributed by atoms with Crippen LogP contribution in [-0.2, 0) is 0 Å². The van der Waals surface area contributed by atoms with Crippen LogP contribution in [0.25, 0.3) is 51.5 Å². The Morgan fingerprint density at radius 3 is 0.575 bits per heavy atom. The van der Waals surface area contributed by atoms with Crippen molar-refractivity contribution in [3.63, 3.8) is 0 Å². The molecule has 0 atom stereocenters. The zero-order valence-corrected chi connectivity index (χ0v) is 54.9. The highest BCUT2D eigenvalue weighted by molar-refractivity contribution is 5.74. The smallest absolute Gasteiger partial charge is 0.247 e. The first kappa shape index (κ1) is 68.4. The van der Waals surface area contributed by atoms with Gasteiger partial charge in [-0.3, -0.25) is 0 Å². The van der Waals surface area contributed by atoms with Gasteiger partial charge < -0.3 is 28.4 Å². The molecule has 3 aromatic carbocycles. The molecule has 0 radical (unpaired) electrons. The fourth-order valence-corrected chi connectivity index (χ4v) is 11.4. The van der Waals surface area contributed by atoms with Gasteiger partial charge in [0.25, 0.3) is 0 Å². The molecule has 0 aliphatic carbocycles. The second-order valence-corrected chi connectivity index (χ2v) is 24.3. The van der Waals surface area contributed by atoms with Gasteiger partial charge in [-0.2, -0.15) is 0 Å². The molecule has 0 fully saturated rings. The van der Waals surface area contributed by atoms with E-state index in [1.807, 2.05) is 67.8 Å². The quantitative estimate of drug-likeness (QED) is 0.0335. The predicted octanol–water partition coefficient (Wildman–Crippen LogP) is 20.3. The summed E-state index contributed by atoms with van der Waals surface area (Å²) in [6.07, 6.45) is 42.3. The largest absolute Gasteiger partial charge is 0.493 e. The first-order chi connectivity index (χ1) is 43.0. The van der Waals surface area contributed by atoms with Gasteiger partial charge in [0.2, 0.25) is 17.3 Å². The van der Waals surface area contributed by atoms with Crippen LogP contribution in [0.1, 0.15) is 273 Å². The van der Waals surface area contributed by atoms with Gasteiger partial charge in [0, 0.05) is 34.9 Å². The van der Waals surface area contributed by atoms with Crippen LogP contribution in [0.3, 0.4) is 0 Å². The zero-order chi connectivity index (χ0) is 60.9. The summed E-state index contributed by atoms with van der Waals surface area (Å²) < 4.78 is 45.4. The first-order valence-electron chi connectivity index (χ1n) is 35.1. The summed E-state index contributed by atoms with van der Waals surface area (Å²) in [6, 6.07) is 18.3. The third-order valence-electron chi connectivity index (χ3n) is 16.6. The monoisotopic (exact) mass is 1200 g/mol. The minimum Gasteiger partial charge on any atom is -0.493 e. The molecule has 0 spiro atoms. The maximum Gasteiger partial charge on any atom is 0.247 e. The number of fused-ring (bicyclic) bond motifs is 6. The van der Waals surface area contributed by atoms with Crippen LogP contribution < -0.4 is 28.4 Å². The highest BCUT2D eigenvalue weighted by atomic mass is 16.5. The minimum absolute atomic E-state index is 0.464. The van der Waals surface area contributed by atoms with E-state index in [-0.39, 0.29) is 0 Å². The van der Waals surface area contributed by atoms with Gasteiger partial charge in [-0.15, -0.1) is 30.6 Å². The molecule has 0 saturated heterocycles. The Kier molecular flexibility index (Phi) is 31.8. The average Bonchev–Trinajstić information content (AvgIpc) is 1.62. The minimum atomic E-state index is 0.464. The highest BCUT2D eigenvalue weighted by Gasteiger charge is 2.27. The van der Waals surface area contributed by atoms with Crippen molar-refractivity contribution >= 4 is 17.3 Å². The standard InChI is InChI=1S/C72H111N9O6/c1-7-13-19-25-31-37-43-82-61-49-58(50-62(55-61)83-44-38-32-26-20-14-8-2)67-73-76-70-79(67)71-77-74-68(59-51-63(84-45-39-33-27-21-15-9-3)56-64(52-59)85-46-40-34-28-22-16-10-4)81(71)72-78-75-69(80(70)72)60-53-65(86-47-41-35-29-23-17-11-5)57-66(54-60)87-48-42-36-30-24-18-12-6/h49-57H,7-48H2,1-6H3. The van der Waals surface area contributed by atoms with Crippen molar-refractivity contribution in [3.05, 3.63) is 54.6 Å². The molecular formula is C72H111N9O6. The molecule has 15 heteroatoms. The molecular weight excluding hydrogens is 1090 g/mol. The highest BCUT2D eigenvalue weighted by Crippen LogP contribution is 2.37. The van der Waals surface area contributed by atoms with Gasteiger partial charge in [0.15, 0.2) is 17.5 Å². The first-order valence-corrected chi connectivity index (χ1v) is 35.1. The van der Waals surface area contributed by atoms with Crippen LogP contribution in [0.4, 0.5) is 0 Å². The topological polar surface area (TPSA) is 146 Å². The summed E-state index contributed by atoms with van der Waals surface area (Å²) >= 11 is 0. The van der Waals surface area contributed by atoms with Crippen molar-refractivity contribution in [1.29, 1.82) is 0 Å². The van der Waals surface area contributed by atoms with Crippen molar-refractivity contribution in [2.45, 2.75) is 273 Å². The van der Waals surface area contributed by atoms with E-state index in [0.29, 0.717) is 74.4 Å². The van der Waals surface area contributed by atoms with Crippen molar-refractivity contribution < 1.29 is 28.4 Å². The number of hydrogen-bond acceptors (Lipinski definition) is 12. The SMILES string of the molecule is CCCCCCCCOc1cc(OCCCCCCCC)cc(-c2nnc3n2c2nnc(-c4cc(OCCCCCCCC)cc(OCCCCCCCC)c4)n2c2nnc(-c4cc(OCCCCCCCC)cc(OCCCCCCCC)c4)n32)c1. The third kappa shape index (κ3) is 22.5. The summed E-state index contributed by atoms with van der Waals surface area (Å²) in [6.45, 7) is 17.2. The lowest BCUT2D eigenvalue weighted by molar-refractivity contribution is 0.289. The summed E-state index contributed by atoms with van der Waals surface area (Å²) in [5, 5.41) is 30.1. The maximum atomic E-state index is 6.59. The molecule has 15 nitrogen and oxygen atoms in total. The van der Waals surface area contributed by atoms with E-state index in [0.717, 1.165) is 128 Å². The Morgan fingerprint density at radius 2 is 0.391 bits per heavy atom. The van der Waals surface area contributed by atoms with E-state index in [9.17, 15) is 0 Å². The molecule has 0 saturated carbocycles. The Morgan fingerprint density at radius 1 is 0.218 bits per heavy atom. The van der Waals surface area contributed by atoms with Gasteiger partial charge in [-0.25, -0.2) is 13.2 Å². The molecule has 0 amide bonds. The fraction of sp³-hybridized carbons (Fsp3) is 0.667. The van der Waals surface area contributed by atoms with Gasteiger partial charge >= 0.3 is 0 Å². The lowest BCUT2D eigenvalue weighted by Crippen LogP contribution is -2.08. The van der Waals surface area contributed by atoms with E-state index in [1.54, 1.807) is 0 Å². The van der Waals surface area contributed by atoms with Gasteiger partial charge in [0.05, 0.1) is 39.6 Å². The van der Waals surface area contributed by atoms with Crippen LogP contribution in [0.5, 0.6) is 34.5 Å². The number of unbranched alkanes of at least 4 members (excludes halogenated alkanes) is 30. The second kappa shape index (κ2) is 40.4. The van der Waals surface area contributed by atoms with E-state index in [1.165, 1.54) is 154 Å². The van der Waals surface area contributed by atoms with Crippen molar-refractivity contribution in [2.24, 2.45) is 0 Å². The van der Waals surface area contributed by atoms with Crippen LogP contribution in [0.15, 0.2) is 54.6 Å². The van der Waals surface area contributed by atoms with Crippen molar-refractivity contribution in [3.8, 4) is 68.7 Å². The lowest BCUT2D eigenvalue weighted by Gasteiger charge is -2.14. The van der Waals surface area contributed by atoms with E-state index < -0.39 is 0 Å². The molecule has 0 aliphatic heterocycles. The van der Waals surface area contributed by atoms with Gasteiger partial charge in [-0.05, 0) is 74.9 Å². The molecule has 7 aromatic rings. The molecule has 0 unspecified atom stereocenters. The van der Waals surface area contributed by atoms with Crippen LogP contribution >= 0.6 is 0 Å². The van der Waals surface area contributed by atoms with Crippen molar-refractivity contribution in [2.75, 3.05) is 39.6 Å². The molecule has 4 heterocycles. The maximum absolute atomic E-state index is 6.59. The van der Waals surface area contributed by atoms with E-state index in [2.05, 4.69) is 41.5 Å². The Hall–Kier alpha value is -6.12. The molecule has 480 valence electrons. The van der Waals surface area contributed by atoms with Gasteiger partial charge in [0.1, 0.15) is 34.5 Å². The summed E-state index contributed by atoms with van der Waals surface area (Å²) in [7, 11) is 0. The number of ether oxygens (including phenoxy) is 6. The Bertz CT molecular complexity index is 2530. The molecule has 0 aliphatic rings. The molecule has 0 bridgehead atoms. The third-order valence-corrected chi connectivity index (χ3v) is 16.6. The fourth-order valence-electron chi connectivity index (χ4n) is 11.4. The normalized spacial score (nSPS) is 11.7. The zero-order valence-electron chi connectivity index (χ0n) is 54.9. The summed E-state index contributed by atoms with van der Waals surface area (Å²) in [4.78, 5) is 0. The Labute approximate surface area is 522 Å². The molecule has 0 N–H and O–H groups in total. The lowest BCUT2D eigenvalue weighted by atomic mass is 10.1. The average molecular weight is 1200 g/mol. The van der Waals surface area contributed by atoms with E-state index in [4.69, 9.17) is 59.0 Å². The number of hydrogen-bond donors (Lipinski definition) is 0. The van der Waals surface area contributed by atoms with Crippen molar-refractivity contribution in [1.82, 2.24) is 43.8 Å². The summed E-state index contributed by atoms with van der Waals surface area (Å²) in [5.41, 5.74) is 2.31. The predicted molar refractivity (Wildman–Crippen MR) is 356 cm³/mol.